The smallest absolute Gasteiger partial charge is 0.261 e. The molecule has 0 radical (unpaired) electrons. The van der Waals surface area contributed by atoms with Gasteiger partial charge in [0.25, 0.3) is 17.7 Å². The van der Waals surface area contributed by atoms with Gasteiger partial charge in [-0.15, -0.1) is 11.3 Å². The minimum atomic E-state index is -0.326. The molecular weight excluding hydrogens is 364 g/mol. The van der Waals surface area contributed by atoms with E-state index in [1.165, 1.54) is 22.3 Å². The van der Waals surface area contributed by atoms with Crippen LogP contribution in [-0.4, -0.2) is 38.6 Å². The Morgan fingerprint density at radius 1 is 1.22 bits per heavy atom. The number of unbranched alkanes of at least 4 members (excludes halogenated alkanes) is 1. The number of nitrogens with one attached hydrogen (secondary N) is 1. The maximum Gasteiger partial charge on any atom is 0.261 e. The monoisotopic (exact) mass is 382 g/mol. The highest BCUT2D eigenvalue weighted by molar-refractivity contribution is 7.15. The average Bonchev–Trinajstić information content (AvgIpc) is 3.32. The standard InChI is InChI=1S/C19H18N4O3S/c1-2-3-6-23-17(25)14-5-4-12(9-15(14)18(23)26)16(24)20-10-13-11-22-7-8-27-19(22)21-13/h4-5,7-9,11H,2-3,6,10H2,1H3,(H,20,24). The molecule has 27 heavy (non-hydrogen) atoms. The zero-order chi connectivity index (χ0) is 19.0. The van der Waals surface area contributed by atoms with Gasteiger partial charge < -0.3 is 5.32 Å². The maximum absolute atomic E-state index is 12.5. The van der Waals surface area contributed by atoms with Gasteiger partial charge in [-0.05, 0) is 24.6 Å². The van der Waals surface area contributed by atoms with E-state index in [4.69, 9.17) is 0 Å². The van der Waals surface area contributed by atoms with Crippen molar-refractivity contribution in [2.45, 2.75) is 26.3 Å². The van der Waals surface area contributed by atoms with Crippen LogP contribution in [0.15, 0.2) is 36.0 Å². The third-order valence-corrected chi connectivity index (χ3v) is 5.31. The Hall–Kier alpha value is -3.00. The van der Waals surface area contributed by atoms with Crippen molar-refractivity contribution in [3.8, 4) is 0 Å². The van der Waals surface area contributed by atoms with Gasteiger partial charge >= 0.3 is 0 Å². The van der Waals surface area contributed by atoms with Gasteiger partial charge in [0, 0.05) is 29.9 Å². The van der Waals surface area contributed by atoms with Crippen LogP contribution >= 0.6 is 11.3 Å². The minimum Gasteiger partial charge on any atom is -0.346 e. The molecule has 8 heteroatoms. The Morgan fingerprint density at radius 2 is 2.04 bits per heavy atom. The Kier molecular flexibility index (Phi) is 4.49. The summed E-state index contributed by atoms with van der Waals surface area (Å²) in [5, 5.41) is 4.75. The van der Waals surface area contributed by atoms with Crippen molar-refractivity contribution in [3.63, 3.8) is 0 Å². The van der Waals surface area contributed by atoms with Gasteiger partial charge in [0.05, 0.1) is 23.4 Å². The lowest BCUT2D eigenvalue weighted by atomic mass is 10.1. The number of amides is 3. The number of imide groups is 1. The van der Waals surface area contributed by atoms with E-state index in [1.807, 2.05) is 29.1 Å². The number of carbonyl (C=O) groups is 3. The highest BCUT2D eigenvalue weighted by Gasteiger charge is 2.35. The van der Waals surface area contributed by atoms with Crippen molar-refractivity contribution in [2.75, 3.05) is 6.54 Å². The molecule has 2 aromatic heterocycles. The molecule has 0 spiro atoms. The second-order valence-electron chi connectivity index (χ2n) is 6.38. The molecule has 1 aliphatic rings. The van der Waals surface area contributed by atoms with E-state index in [-0.39, 0.29) is 17.7 Å². The topological polar surface area (TPSA) is 83.8 Å². The predicted molar refractivity (Wildman–Crippen MR) is 101 cm³/mol. The number of nitrogens with zero attached hydrogens (tertiary/aromatic N) is 3. The first kappa shape index (κ1) is 17.4. The van der Waals surface area contributed by atoms with Crippen molar-refractivity contribution in [3.05, 3.63) is 58.4 Å². The van der Waals surface area contributed by atoms with E-state index < -0.39 is 0 Å². The van der Waals surface area contributed by atoms with Crippen LogP contribution < -0.4 is 5.32 Å². The van der Waals surface area contributed by atoms with Crippen LogP contribution in [0, 0.1) is 0 Å². The molecule has 1 N–H and O–H groups in total. The number of thiazole rings is 1. The van der Waals surface area contributed by atoms with E-state index in [1.54, 1.807) is 12.1 Å². The van der Waals surface area contributed by atoms with Gasteiger partial charge in [-0.2, -0.15) is 0 Å². The quantitative estimate of drug-likeness (QED) is 0.665. The molecule has 0 saturated carbocycles. The first-order valence-corrected chi connectivity index (χ1v) is 9.66. The molecule has 7 nitrogen and oxygen atoms in total. The summed E-state index contributed by atoms with van der Waals surface area (Å²) in [7, 11) is 0. The van der Waals surface area contributed by atoms with Crippen LogP contribution in [0.4, 0.5) is 0 Å². The van der Waals surface area contributed by atoms with Crippen LogP contribution in [-0.2, 0) is 6.54 Å². The zero-order valence-electron chi connectivity index (χ0n) is 14.8. The van der Waals surface area contributed by atoms with Crippen molar-refractivity contribution in [2.24, 2.45) is 0 Å². The molecule has 0 fully saturated rings. The van der Waals surface area contributed by atoms with Crippen molar-refractivity contribution in [1.82, 2.24) is 19.6 Å². The Morgan fingerprint density at radius 3 is 2.81 bits per heavy atom. The summed E-state index contributed by atoms with van der Waals surface area (Å²) in [6, 6.07) is 4.64. The molecule has 1 aromatic carbocycles. The molecule has 0 aliphatic carbocycles. The lowest BCUT2D eigenvalue weighted by Crippen LogP contribution is -2.30. The molecule has 0 bridgehead atoms. The van der Waals surface area contributed by atoms with E-state index >= 15 is 0 Å². The van der Waals surface area contributed by atoms with E-state index in [2.05, 4.69) is 10.3 Å². The largest absolute Gasteiger partial charge is 0.346 e. The van der Waals surface area contributed by atoms with Crippen LogP contribution in [0.1, 0.15) is 56.5 Å². The third kappa shape index (κ3) is 3.12. The lowest BCUT2D eigenvalue weighted by molar-refractivity contribution is 0.0652. The van der Waals surface area contributed by atoms with E-state index in [0.29, 0.717) is 29.8 Å². The van der Waals surface area contributed by atoms with Crippen molar-refractivity contribution < 1.29 is 14.4 Å². The van der Waals surface area contributed by atoms with Crippen LogP contribution in [0.25, 0.3) is 4.96 Å². The van der Waals surface area contributed by atoms with Crippen LogP contribution in [0.5, 0.6) is 0 Å². The average molecular weight is 382 g/mol. The van der Waals surface area contributed by atoms with Gasteiger partial charge in [0.2, 0.25) is 0 Å². The number of fused-ring (bicyclic) bond motifs is 2. The summed E-state index contributed by atoms with van der Waals surface area (Å²) in [5.74, 6) is -0.915. The Bertz CT molecular complexity index is 1020. The summed E-state index contributed by atoms with van der Waals surface area (Å²) >= 11 is 1.52. The Labute approximate surface area is 159 Å². The number of hydrogen-bond acceptors (Lipinski definition) is 5. The third-order valence-electron chi connectivity index (χ3n) is 4.54. The summed E-state index contributed by atoms with van der Waals surface area (Å²) in [4.78, 5) is 43.9. The number of hydrogen-bond donors (Lipinski definition) is 1. The summed E-state index contributed by atoms with van der Waals surface area (Å²) in [6.45, 7) is 2.70. The molecule has 0 atom stereocenters. The second kappa shape index (κ2) is 6.96. The molecule has 4 rings (SSSR count). The fraction of sp³-hybridized carbons (Fsp3) is 0.263. The van der Waals surface area contributed by atoms with Crippen molar-refractivity contribution >= 4 is 34.0 Å². The highest BCUT2D eigenvalue weighted by Crippen LogP contribution is 2.24. The fourth-order valence-electron chi connectivity index (χ4n) is 3.09. The highest BCUT2D eigenvalue weighted by atomic mass is 32.1. The molecule has 0 saturated heterocycles. The molecule has 3 heterocycles. The van der Waals surface area contributed by atoms with Crippen LogP contribution in [0.3, 0.4) is 0 Å². The molecule has 1 aliphatic heterocycles. The van der Waals surface area contributed by atoms with Gasteiger partial charge in [0.1, 0.15) is 0 Å². The molecule has 3 aromatic rings. The Balaban J connectivity index is 1.48. The number of rotatable bonds is 6. The number of imidazole rings is 1. The van der Waals surface area contributed by atoms with Gasteiger partial charge in [-0.3, -0.25) is 23.7 Å². The molecular formula is C19H18N4O3S. The van der Waals surface area contributed by atoms with Crippen molar-refractivity contribution in [1.29, 1.82) is 0 Å². The van der Waals surface area contributed by atoms with E-state index in [9.17, 15) is 14.4 Å². The molecule has 0 unspecified atom stereocenters. The minimum absolute atomic E-state index is 0.284. The number of aromatic nitrogens is 2. The summed E-state index contributed by atoms with van der Waals surface area (Å²) in [5.41, 5.74) is 1.77. The number of benzene rings is 1. The first-order valence-electron chi connectivity index (χ1n) is 8.78. The summed E-state index contributed by atoms with van der Waals surface area (Å²) in [6.07, 6.45) is 5.43. The zero-order valence-corrected chi connectivity index (χ0v) is 15.6. The summed E-state index contributed by atoms with van der Waals surface area (Å²) < 4.78 is 1.90. The fourth-order valence-corrected chi connectivity index (χ4v) is 3.80. The SMILES string of the molecule is CCCCN1C(=O)c2ccc(C(=O)NCc3cn4ccsc4n3)cc2C1=O. The number of carbonyl (C=O) groups excluding carboxylic acids is 3. The van der Waals surface area contributed by atoms with Crippen LogP contribution in [0.2, 0.25) is 0 Å². The normalized spacial score (nSPS) is 13.4. The first-order chi connectivity index (χ1) is 13.1. The second-order valence-corrected chi connectivity index (χ2v) is 7.26. The van der Waals surface area contributed by atoms with Gasteiger partial charge in [-0.25, -0.2) is 4.98 Å². The molecule has 3 amide bonds. The van der Waals surface area contributed by atoms with Gasteiger partial charge in [-0.1, -0.05) is 13.3 Å². The lowest BCUT2D eigenvalue weighted by Gasteiger charge is -2.12. The predicted octanol–water partition coefficient (Wildman–Crippen LogP) is 2.72. The molecule has 138 valence electrons. The van der Waals surface area contributed by atoms with E-state index in [0.717, 1.165) is 23.5 Å². The van der Waals surface area contributed by atoms with Gasteiger partial charge in [0.15, 0.2) is 4.96 Å². The maximum atomic E-state index is 12.5.